The summed E-state index contributed by atoms with van der Waals surface area (Å²) in [6.45, 7) is 8.60. The first-order chi connectivity index (χ1) is 16.4. The first kappa shape index (κ1) is 22.3. The summed E-state index contributed by atoms with van der Waals surface area (Å²) in [4.78, 5) is 6.73. The smallest absolute Gasteiger partial charge is 0.174 e. The monoisotopic (exact) mass is 470 g/mol. The van der Waals surface area contributed by atoms with Crippen molar-refractivity contribution >= 4 is 23.0 Å². The van der Waals surface area contributed by atoms with Crippen molar-refractivity contribution < 1.29 is 4.39 Å². The number of thiocarbonyl (C=S) groups is 1. The van der Waals surface area contributed by atoms with Gasteiger partial charge in [0, 0.05) is 29.0 Å². The SMILES string of the molecule is Cc1cccc(-n2c(C)cc([C@H]3[C@@H](c4ccccn4)NC(=S)N3c3ccc(F)cc3)c2C)c1C. The Kier molecular flexibility index (Phi) is 5.70. The highest BCUT2D eigenvalue weighted by Crippen LogP contribution is 2.43. The third-order valence-electron chi connectivity index (χ3n) is 6.81. The minimum atomic E-state index is -0.271. The Morgan fingerprint density at radius 1 is 0.941 bits per heavy atom. The normalized spacial score (nSPS) is 17.8. The number of anilines is 1. The van der Waals surface area contributed by atoms with E-state index in [0.717, 1.165) is 28.3 Å². The fourth-order valence-corrected chi connectivity index (χ4v) is 5.33. The molecule has 172 valence electrons. The molecule has 6 heteroatoms. The molecule has 0 saturated carbocycles. The molecule has 1 N–H and O–H groups in total. The maximum Gasteiger partial charge on any atom is 0.174 e. The number of nitrogens with one attached hydrogen (secondary N) is 1. The zero-order chi connectivity index (χ0) is 24.0. The molecule has 0 bridgehead atoms. The van der Waals surface area contributed by atoms with Gasteiger partial charge < -0.3 is 14.8 Å². The second-order valence-electron chi connectivity index (χ2n) is 8.85. The molecular formula is C28H27FN4S. The molecule has 1 fully saturated rings. The lowest BCUT2D eigenvalue weighted by Gasteiger charge is -2.28. The molecule has 1 saturated heterocycles. The maximum absolute atomic E-state index is 13.7. The second kappa shape index (κ2) is 8.69. The molecule has 0 aliphatic carbocycles. The standard InChI is InChI=1S/C28H27FN4S/c1-17-8-7-10-25(19(17)3)32-18(2)16-23(20(32)4)27-26(24-9-5-6-15-30-24)31-28(34)33(27)22-13-11-21(29)12-14-22/h5-16,26-27H,1-4H3,(H,31,34)/t26-,27+/m1/s1. The minimum absolute atomic E-state index is 0.141. The Hall–Kier alpha value is -3.51. The van der Waals surface area contributed by atoms with Gasteiger partial charge in [-0.15, -0.1) is 0 Å². The molecular weight excluding hydrogens is 443 g/mol. The van der Waals surface area contributed by atoms with E-state index in [1.54, 1.807) is 18.3 Å². The molecule has 2 atom stereocenters. The van der Waals surface area contributed by atoms with E-state index in [0.29, 0.717) is 5.11 Å². The Balaban J connectivity index is 1.70. The van der Waals surface area contributed by atoms with Gasteiger partial charge in [-0.3, -0.25) is 4.98 Å². The molecule has 0 spiro atoms. The van der Waals surface area contributed by atoms with Crippen LogP contribution in [0.2, 0.25) is 0 Å². The van der Waals surface area contributed by atoms with Crippen LogP contribution in [-0.4, -0.2) is 14.7 Å². The third kappa shape index (κ3) is 3.68. The van der Waals surface area contributed by atoms with E-state index in [4.69, 9.17) is 12.2 Å². The Labute approximate surface area is 205 Å². The fraction of sp³-hybridized carbons (Fsp3) is 0.214. The lowest BCUT2D eigenvalue weighted by Crippen LogP contribution is -2.29. The number of rotatable bonds is 4. The van der Waals surface area contributed by atoms with Gasteiger partial charge in [0.1, 0.15) is 5.82 Å². The molecule has 4 nitrogen and oxygen atoms in total. The van der Waals surface area contributed by atoms with Gasteiger partial charge in [-0.1, -0.05) is 18.2 Å². The molecule has 1 aliphatic rings. The zero-order valence-corrected chi connectivity index (χ0v) is 20.5. The number of hydrogen-bond donors (Lipinski definition) is 1. The highest BCUT2D eigenvalue weighted by molar-refractivity contribution is 7.80. The number of hydrogen-bond acceptors (Lipinski definition) is 2. The molecule has 0 unspecified atom stereocenters. The lowest BCUT2D eigenvalue weighted by atomic mass is 9.96. The largest absolute Gasteiger partial charge is 0.351 e. The van der Waals surface area contributed by atoms with Crippen molar-refractivity contribution in [2.24, 2.45) is 0 Å². The lowest BCUT2D eigenvalue weighted by molar-refractivity contribution is 0.565. The second-order valence-corrected chi connectivity index (χ2v) is 9.24. The van der Waals surface area contributed by atoms with Crippen molar-refractivity contribution in [1.29, 1.82) is 0 Å². The van der Waals surface area contributed by atoms with Gasteiger partial charge in [0.15, 0.2) is 5.11 Å². The minimum Gasteiger partial charge on any atom is -0.351 e. The summed E-state index contributed by atoms with van der Waals surface area (Å²) in [7, 11) is 0. The summed E-state index contributed by atoms with van der Waals surface area (Å²) in [6.07, 6.45) is 1.80. The maximum atomic E-state index is 13.7. The highest BCUT2D eigenvalue weighted by atomic mass is 32.1. The van der Waals surface area contributed by atoms with E-state index in [9.17, 15) is 4.39 Å². The summed E-state index contributed by atoms with van der Waals surface area (Å²) < 4.78 is 16.0. The topological polar surface area (TPSA) is 33.1 Å². The summed E-state index contributed by atoms with van der Waals surface area (Å²) in [5.74, 6) is -0.271. The van der Waals surface area contributed by atoms with Crippen molar-refractivity contribution in [1.82, 2.24) is 14.9 Å². The van der Waals surface area contributed by atoms with Crippen molar-refractivity contribution in [3.05, 3.63) is 113 Å². The van der Waals surface area contributed by atoms with Crippen LogP contribution in [-0.2, 0) is 0 Å². The fourth-order valence-electron chi connectivity index (χ4n) is 4.99. The van der Waals surface area contributed by atoms with Crippen molar-refractivity contribution in [3.63, 3.8) is 0 Å². The number of halogens is 1. The van der Waals surface area contributed by atoms with Gasteiger partial charge in [-0.2, -0.15) is 0 Å². The molecule has 1 aliphatic heterocycles. The molecule has 0 radical (unpaired) electrons. The number of nitrogens with zero attached hydrogens (tertiary/aromatic N) is 3. The van der Waals surface area contributed by atoms with Crippen LogP contribution in [0.4, 0.5) is 10.1 Å². The van der Waals surface area contributed by atoms with Crippen LogP contribution in [0.25, 0.3) is 5.69 Å². The van der Waals surface area contributed by atoms with E-state index < -0.39 is 0 Å². The average molecular weight is 471 g/mol. The highest BCUT2D eigenvalue weighted by Gasteiger charge is 2.42. The Bertz CT molecular complexity index is 1360. The van der Waals surface area contributed by atoms with E-state index in [2.05, 4.69) is 71.7 Å². The summed E-state index contributed by atoms with van der Waals surface area (Å²) in [5, 5.41) is 4.09. The molecule has 34 heavy (non-hydrogen) atoms. The Morgan fingerprint density at radius 3 is 2.41 bits per heavy atom. The van der Waals surface area contributed by atoms with Crippen molar-refractivity contribution in [2.45, 2.75) is 39.8 Å². The van der Waals surface area contributed by atoms with Gasteiger partial charge >= 0.3 is 0 Å². The molecule has 2 aromatic carbocycles. The van der Waals surface area contributed by atoms with Gasteiger partial charge in [0.2, 0.25) is 0 Å². The van der Waals surface area contributed by atoms with Gasteiger partial charge in [-0.25, -0.2) is 4.39 Å². The molecule has 5 rings (SSSR count). The predicted molar refractivity (Wildman–Crippen MR) is 139 cm³/mol. The Morgan fingerprint density at radius 2 is 1.71 bits per heavy atom. The number of pyridine rings is 1. The van der Waals surface area contributed by atoms with Crippen molar-refractivity contribution in [2.75, 3.05) is 4.90 Å². The van der Waals surface area contributed by atoms with Crippen molar-refractivity contribution in [3.8, 4) is 5.69 Å². The van der Waals surface area contributed by atoms with Gasteiger partial charge in [-0.05, 0) is 105 Å². The predicted octanol–water partition coefficient (Wildman–Crippen LogP) is 6.42. The molecule has 4 aromatic rings. The quantitative estimate of drug-likeness (QED) is 0.349. The van der Waals surface area contributed by atoms with Crippen LogP contribution in [0.3, 0.4) is 0 Å². The van der Waals surface area contributed by atoms with Gasteiger partial charge in [0.05, 0.1) is 17.8 Å². The summed E-state index contributed by atoms with van der Waals surface area (Å²) >= 11 is 5.81. The third-order valence-corrected chi connectivity index (χ3v) is 7.12. The van der Waals surface area contributed by atoms with Gasteiger partial charge in [0.25, 0.3) is 0 Å². The van der Waals surface area contributed by atoms with E-state index in [1.807, 2.05) is 18.2 Å². The number of benzene rings is 2. The summed E-state index contributed by atoms with van der Waals surface area (Å²) in [6, 6.07) is 20.8. The molecule has 0 amide bonds. The number of aromatic nitrogens is 2. The van der Waals surface area contributed by atoms with E-state index in [1.165, 1.54) is 28.9 Å². The average Bonchev–Trinajstić information content (AvgIpc) is 3.32. The van der Waals surface area contributed by atoms with Crippen LogP contribution in [0.5, 0.6) is 0 Å². The van der Waals surface area contributed by atoms with Crippen LogP contribution in [0.1, 0.15) is 45.9 Å². The van der Waals surface area contributed by atoms with Crippen LogP contribution < -0.4 is 10.2 Å². The van der Waals surface area contributed by atoms with E-state index in [-0.39, 0.29) is 17.9 Å². The van der Waals surface area contributed by atoms with Crippen LogP contribution >= 0.6 is 12.2 Å². The van der Waals surface area contributed by atoms with Crippen LogP contribution in [0.15, 0.2) is 72.9 Å². The first-order valence-corrected chi connectivity index (χ1v) is 11.8. The zero-order valence-electron chi connectivity index (χ0n) is 19.7. The van der Waals surface area contributed by atoms with E-state index >= 15 is 0 Å². The molecule has 2 aromatic heterocycles. The summed E-state index contributed by atoms with van der Waals surface area (Å²) in [5.41, 5.74) is 8.91. The molecule has 3 heterocycles. The number of aryl methyl sites for hydroxylation is 2. The first-order valence-electron chi connectivity index (χ1n) is 11.4. The van der Waals surface area contributed by atoms with Crippen LogP contribution in [0, 0.1) is 33.5 Å².